The molecule has 7 heteroatoms. The van der Waals surface area contributed by atoms with Crippen molar-refractivity contribution in [2.45, 2.75) is 19.9 Å². The summed E-state index contributed by atoms with van der Waals surface area (Å²) in [5.41, 5.74) is 3.51. The molecule has 2 aromatic carbocycles. The summed E-state index contributed by atoms with van der Waals surface area (Å²) in [6.45, 7) is 2.96. The summed E-state index contributed by atoms with van der Waals surface area (Å²) in [4.78, 5) is 4.48. The van der Waals surface area contributed by atoms with E-state index < -0.39 is 0 Å². The van der Waals surface area contributed by atoms with Gasteiger partial charge in [0.2, 0.25) is 5.82 Å². The molecule has 0 aliphatic carbocycles. The zero-order valence-electron chi connectivity index (χ0n) is 14.0. The molecule has 4 rings (SSSR count). The molecule has 0 fully saturated rings. The van der Waals surface area contributed by atoms with Crippen LogP contribution in [0.1, 0.15) is 13.3 Å². The summed E-state index contributed by atoms with van der Waals surface area (Å²) in [5, 5.41) is 12.5. The number of hydrogen-bond acceptors (Lipinski definition) is 6. The van der Waals surface area contributed by atoms with Crippen LogP contribution in [0.15, 0.2) is 47.0 Å². The van der Waals surface area contributed by atoms with Crippen LogP contribution >= 0.6 is 0 Å². The minimum atomic E-state index is 0.465. The Hall–Kier alpha value is -3.22. The lowest BCUT2D eigenvalue weighted by Crippen LogP contribution is -1.98. The summed E-state index contributed by atoms with van der Waals surface area (Å²) in [7, 11) is 1.63. The van der Waals surface area contributed by atoms with Crippen molar-refractivity contribution in [2.24, 2.45) is 0 Å². The second-order valence-corrected chi connectivity index (χ2v) is 5.67. The number of aromatic nitrogens is 5. The third kappa shape index (κ3) is 2.84. The molecule has 0 unspecified atom stereocenters. The van der Waals surface area contributed by atoms with Gasteiger partial charge in [-0.15, -0.1) is 5.10 Å². The van der Waals surface area contributed by atoms with Crippen LogP contribution in [0.4, 0.5) is 0 Å². The van der Waals surface area contributed by atoms with E-state index in [2.05, 4.69) is 27.4 Å². The van der Waals surface area contributed by atoms with E-state index in [-0.39, 0.29) is 0 Å². The number of fused-ring (bicyclic) bond motifs is 1. The molecule has 0 radical (unpaired) electrons. The highest BCUT2D eigenvalue weighted by atomic mass is 16.5. The molecule has 0 aliphatic rings. The molecule has 0 atom stereocenters. The normalized spacial score (nSPS) is 11.1. The van der Waals surface area contributed by atoms with E-state index in [1.807, 2.05) is 47.1 Å². The number of rotatable bonds is 5. The number of methoxy groups -OCH3 is 1. The average Bonchev–Trinajstić information content (AvgIpc) is 3.29. The fourth-order valence-electron chi connectivity index (χ4n) is 2.68. The van der Waals surface area contributed by atoms with E-state index in [1.54, 1.807) is 7.11 Å². The third-order valence-electron chi connectivity index (χ3n) is 3.97. The van der Waals surface area contributed by atoms with Gasteiger partial charge < -0.3 is 9.26 Å². The largest absolute Gasteiger partial charge is 0.497 e. The fourth-order valence-corrected chi connectivity index (χ4v) is 2.68. The maximum absolute atomic E-state index is 5.39. The first-order chi connectivity index (χ1) is 12.3. The zero-order valence-corrected chi connectivity index (χ0v) is 14.0. The minimum absolute atomic E-state index is 0.465. The van der Waals surface area contributed by atoms with E-state index in [0.717, 1.165) is 40.9 Å². The third-order valence-corrected chi connectivity index (χ3v) is 3.97. The second-order valence-electron chi connectivity index (χ2n) is 5.67. The zero-order chi connectivity index (χ0) is 17.2. The summed E-state index contributed by atoms with van der Waals surface area (Å²) >= 11 is 0. The van der Waals surface area contributed by atoms with Crippen LogP contribution in [0.2, 0.25) is 0 Å². The molecule has 2 heterocycles. The summed E-state index contributed by atoms with van der Waals surface area (Å²) in [6, 6.07) is 13.4. The Morgan fingerprint density at radius 2 is 1.88 bits per heavy atom. The van der Waals surface area contributed by atoms with E-state index in [9.17, 15) is 0 Å². The van der Waals surface area contributed by atoms with Crippen molar-refractivity contribution >= 4 is 11.0 Å². The van der Waals surface area contributed by atoms with Gasteiger partial charge in [0.1, 0.15) is 11.3 Å². The Morgan fingerprint density at radius 1 is 1.08 bits per heavy atom. The van der Waals surface area contributed by atoms with Crippen molar-refractivity contribution in [1.82, 2.24) is 25.1 Å². The quantitative estimate of drug-likeness (QED) is 0.555. The van der Waals surface area contributed by atoms with Crippen molar-refractivity contribution in [2.75, 3.05) is 7.11 Å². The van der Waals surface area contributed by atoms with Gasteiger partial charge in [-0.05, 0) is 48.9 Å². The van der Waals surface area contributed by atoms with Crippen molar-refractivity contribution in [3.8, 4) is 28.6 Å². The molecular formula is C18H17N5O2. The number of aryl methyl sites for hydroxylation is 1. The van der Waals surface area contributed by atoms with Crippen LogP contribution in [0.5, 0.6) is 5.75 Å². The van der Waals surface area contributed by atoms with Crippen LogP contribution < -0.4 is 4.74 Å². The topological polar surface area (TPSA) is 78.9 Å². The maximum atomic E-state index is 5.39. The lowest BCUT2D eigenvalue weighted by molar-refractivity contribution is 0.414. The molecule has 0 N–H and O–H groups in total. The molecule has 0 saturated carbocycles. The average molecular weight is 335 g/mol. The summed E-state index contributed by atoms with van der Waals surface area (Å²) < 4.78 is 12.5. The van der Waals surface area contributed by atoms with Gasteiger partial charge in [-0.2, -0.15) is 4.98 Å². The Labute approximate surface area is 144 Å². The SMILES string of the molecule is CCCn1nnc2cc(-c3noc(-c4ccc(OC)cc4)n3)ccc21. The monoisotopic (exact) mass is 335 g/mol. The molecule has 0 aliphatic heterocycles. The van der Waals surface area contributed by atoms with Crippen LogP contribution in [-0.4, -0.2) is 32.2 Å². The summed E-state index contributed by atoms with van der Waals surface area (Å²) in [5.74, 6) is 1.77. The van der Waals surface area contributed by atoms with Gasteiger partial charge in [-0.25, -0.2) is 4.68 Å². The first-order valence-corrected chi connectivity index (χ1v) is 8.10. The highest BCUT2D eigenvalue weighted by Gasteiger charge is 2.13. The van der Waals surface area contributed by atoms with Gasteiger partial charge in [-0.1, -0.05) is 17.3 Å². The first kappa shape index (κ1) is 15.3. The van der Waals surface area contributed by atoms with Gasteiger partial charge in [0.15, 0.2) is 0 Å². The van der Waals surface area contributed by atoms with Crippen LogP contribution in [-0.2, 0) is 6.54 Å². The van der Waals surface area contributed by atoms with E-state index >= 15 is 0 Å². The van der Waals surface area contributed by atoms with Gasteiger partial charge in [0.05, 0.1) is 12.6 Å². The van der Waals surface area contributed by atoms with Crippen molar-refractivity contribution in [3.05, 3.63) is 42.5 Å². The Morgan fingerprint density at radius 3 is 2.64 bits per heavy atom. The predicted molar refractivity (Wildman–Crippen MR) is 93.1 cm³/mol. The highest BCUT2D eigenvalue weighted by molar-refractivity contribution is 5.80. The Balaban J connectivity index is 1.66. The molecular weight excluding hydrogens is 318 g/mol. The number of nitrogens with zero attached hydrogens (tertiary/aromatic N) is 5. The molecule has 7 nitrogen and oxygen atoms in total. The second kappa shape index (κ2) is 6.35. The predicted octanol–water partition coefficient (Wildman–Crippen LogP) is 3.57. The van der Waals surface area contributed by atoms with Gasteiger partial charge in [0, 0.05) is 17.7 Å². The smallest absolute Gasteiger partial charge is 0.258 e. The van der Waals surface area contributed by atoms with Crippen molar-refractivity contribution in [1.29, 1.82) is 0 Å². The summed E-state index contributed by atoms with van der Waals surface area (Å²) in [6.07, 6.45) is 1.01. The molecule has 0 bridgehead atoms. The number of benzene rings is 2. The molecule has 0 amide bonds. The van der Waals surface area contributed by atoms with Crippen LogP contribution in [0, 0.1) is 0 Å². The van der Waals surface area contributed by atoms with Crippen LogP contribution in [0.3, 0.4) is 0 Å². The molecule has 25 heavy (non-hydrogen) atoms. The van der Waals surface area contributed by atoms with Gasteiger partial charge in [-0.3, -0.25) is 0 Å². The standard InChI is InChI=1S/C18H17N5O2/c1-3-10-23-16-9-6-13(11-15(16)20-22-23)17-19-18(25-21-17)12-4-7-14(24-2)8-5-12/h4-9,11H,3,10H2,1-2H3. The Bertz CT molecular complexity index is 1000. The van der Waals surface area contributed by atoms with Crippen molar-refractivity contribution in [3.63, 3.8) is 0 Å². The molecule has 4 aromatic rings. The molecule has 0 saturated heterocycles. The lowest BCUT2D eigenvalue weighted by Gasteiger charge is -1.99. The first-order valence-electron chi connectivity index (χ1n) is 8.10. The molecule has 126 valence electrons. The van der Waals surface area contributed by atoms with Crippen LogP contribution in [0.25, 0.3) is 33.9 Å². The van der Waals surface area contributed by atoms with E-state index in [4.69, 9.17) is 9.26 Å². The fraction of sp³-hybridized carbons (Fsp3) is 0.222. The highest BCUT2D eigenvalue weighted by Crippen LogP contribution is 2.25. The van der Waals surface area contributed by atoms with Gasteiger partial charge in [0.25, 0.3) is 5.89 Å². The van der Waals surface area contributed by atoms with E-state index in [0.29, 0.717) is 11.7 Å². The number of ether oxygens (including phenoxy) is 1. The van der Waals surface area contributed by atoms with Crippen molar-refractivity contribution < 1.29 is 9.26 Å². The van der Waals surface area contributed by atoms with Gasteiger partial charge >= 0.3 is 0 Å². The molecule has 2 aromatic heterocycles. The molecule has 0 spiro atoms. The lowest BCUT2D eigenvalue weighted by atomic mass is 10.2. The van der Waals surface area contributed by atoms with E-state index in [1.165, 1.54) is 0 Å². The maximum Gasteiger partial charge on any atom is 0.258 e. The Kier molecular flexibility index (Phi) is 3.89. The minimum Gasteiger partial charge on any atom is -0.497 e. The number of hydrogen-bond donors (Lipinski definition) is 0.